The van der Waals surface area contributed by atoms with Crippen LogP contribution < -0.4 is 5.73 Å². The van der Waals surface area contributed by atoms with Gasteiger partial charge < -0.3 is 5.73 Å². The van der Waals surface area contributed by atoms with Crippen LogP contribution in [0.5, 0.6) is 0 Å². The number of hydrogen-bond acceptors (Lipinski definition) is 6. The maximum absolute atomic E-state index is 13.2. The van der Waals surface area contributed by atoms with Crippen molar-refractivity contribution in [2.24, 2.45) is 0 Å². The smallest absolute Gasteiger partial charge is 0.256 e. The summed E-state index contributed by atoms with van der Waals surface area (Å²) in [6, 6.07) is 5.24. The van der Waals surface area contributed by atoms with E-state index < -0.39 is 11.6 Å². The minimum Gasteiger partial charge on any atom is -0.368 e. The molecule has 0 saturated carbocycles. The highest BCUT2D eigenvalue weighted by Crippen LogP contribution is 2.26. The van der Waals surface area contributed by atoms with E-state index in [4.69, 9.17) is 5.73 Å². The third-order valence-corrected chi connectivity index (χ3v) is 3.28. The lowest BCUT2D eigenvalue weighted by Gasteiger charge is -2.04. The maximum atomic E-state index is 13.2. The second-order valence-corrected chi connectivity index (χ2v) is 4.95. The van der Waals surface area contributed by atoms with Gasteiger partial charge in [-0.1, -0.05) is 0 Å². The van der Waals surface area contributed by atoms with Crippen molar-refractivity contribution in [1.82, 2.24) is 24.7 Å². The molecule has 2 heterocycles. The van der Waals surface area contributed by atoms with Crippen LogP contribution in [0.3, 0.4) is 0 Å². The molecule has 0 bridgehead atoms. The van der Waals surface area contributed by atoms with Gasteiger partial charge in [-0.15, -0.1) is 0 Å². The zero-order valence-corrected chi connectivity index (χ0v) is 11.3. The summed E-state index contributed by atoms with van der Waals surface area (Å²) in [5, 5.41) is 4.25. The van der Waals surface area contributed by atoms with E-state index in [-0.39, 0.29) is 17.1 Å². The number of benzene rings is 1. The van der Waals surface area contributed by atoms with E-state index >= 15 is 0 Å². The molecule has 1 aromatic carbocycles. The summed E-state index contributed by atoms with van der Waals surface area (Å²) in [6.07, 6.45) is 3.23. The molecule has 106 valence electrons. The van der Waals surface area contributed by atoms with Crippen LogP contribution in [0, 0.1) is 11.6 Å². The fraction of sp³-hybridized carbons (Fsp3) is 0. The lowest BCUT2D eigenvalue weighted by molar-refractivity contribution is 0.506. The summed E-state index contributed by atoms with van der Waals surface area (Å²) in [5.74, 6) is -1.58. The van der Waals surface area contributed by atoms with Crippen molar-refractivity contribution in [2.75, 3.05) is 5.73 Å². The Morgan fingerprint density at radius 3 is 2.67 bits per heavy atom. The molecule has 3 rings (SSSR count). The van der Waals surface area contributed by atoms with Crippen LogP contribution in [-0.4, -0.2) is 24.7 Å². The summed E-state index contributed by atoms with van der Waals surface area (Å²) in [4.78, 5) is 12.5. The molecule has 0 unspecified atom stereocenters. The third kappa shape index (κ3) is 2.97. The molecule has 0 amide bonds. The first-order chi connectivity index (χ1) is 10.1. The van der Waals surface area contributed by atoms with Crippen LogP contribution >= 0.6 is 11.8 Å². The molecule has 3 aromatic rings. The van der Waals surface area contributed by atoms with E-state index in [9.17, 15) is 8.78 Å². The van der Waals surface area contributed by atoms with Gasteiger partial charge in [-0.25, -0.2) is 13.5 Å². The van der Waals surface area contributed by atoms with E-state index in [0.29, 0.717) is 4.90 Å². The molecule has 0 radical (unpaired) electrons. The Hall–Kier alpha value is -2.55. The van der Waals surface area contributed by atoms with Crippen LogP contribution in [0.15, 0.2) is 46.7 Å². The van der Waals surface area contributed by atoms with Crippen molar-refractivity contribution in [3.63, 3.8) is 0 Å². The topological polar surface area (TPSA) is 82.5 Å². The van der Waals surface area contributed by atoms with Crippen molar-refractivity contribution in [3.8, 4) is 5.95 Å². The van der Waals surface area contributed by atoms with E-state index in [2.05, 4.69) is 20.1 Å². The highest BCUT2D eigenvalue weighted by Gasteiger charge is 2.10. The fourth-order valence-electron chi connectivity index (χ4n) is 1.54. The summed E-state index contributed by atoms with van der Waals surface area (Å²) < 4.78 is 27.5. The molecule has 0 atom stereocenters. The third-order valence-electron chi connectivity index (χ3n) is 2.43. The lowest BCUT2D eigenvalue weighted by Crippen LogP contribution is -2.07. The van der Waals surface area contributed by atoms with Gasteiger partial charge in [-0.2, -0.15) is 20.1 Å². The number of aromatic nitrogens is 5. The predicted octanol–water partition coefficient (Wildman–Crippen LogP) is 2.07. The van der Waals surface area contributed by atoms with Crippen molar-refractivity contribution >= 4 is 17.7 Å². The number of halogens is 2. The summed E-state index contributed by atoms with van der Waals surface area (Å²) in [5.41, 5.74) is 5.62. The molecule has 0 fully saturated rings. The molecule has 0 aliphatic carbocycles. The van der Waals surface area contributed by atoms with Crippen LogP contribution in [0.1, 0.15) is 0 Å². The zero-order valence-electron chi connectivity index (χ0n) is 10.4. The number of rotatable bonds is 3. The molecule has 21 heavy (non-hydrogen) atoms. The van der Waals surface area contributed by atoms with Crippen LogP contribution in [0.4, 0.5) is 14.7 Å². The first-order valence-corrected chi connectivity index (χ1v) is 6.58. The van der Waals surface area contributed by atoms with Gasteiger partial charge >= 0.3 is 0 Å². The minimum absolute atomic E-state index is 0.0144. The van der Waals surface area contributed by atoms with Crippen molar-refractivity contribution < 1.29 is 8.78 Å². The minimum atomic E-state index is -0.936. The van der Waals surface area contributed by atoms with Gasteiger partial charge in [-0.05, 0) is 36.0 Å². The van der Waals surface area contributed by atoms with E-state index in [1.54, 1.807) is 18.5 Å². The molecular formula is C12H8F2N6S. The second-order valence-electron chi connectivity index (χ2n) is 3.90. The highest BCUT2D eigenvalue weighted by atomic mass is 32.2. The molecule has 0 saturated heterocycles. The predicted molar refractivity (Wildman–Crippen MR) is 71.8 cm³/mol. The number of hydrogen-bond donors (Lipinski definition) is 1. The summed E-state index contributed by atoms with van der Waals surface area (Å²) >= 11 is 1.05. The van der Waals surface area contributed by atoms with Gasteiger partial charge in [0, 0.05) is 17.3 Å². The maximum Gasteiger partial charge on any atom is 0.256 e. The van der Waals surface area contributed by atoms with Crippen molar-refractivity contribution in [3.05, 3.63) is 48.3 Å². The Bertz CT molecular complexity index is 777. The lowest BCUT2D eigenvalue weighted by atomic mass is 10.3. The van der Waals surface area contributed by atoms with Gasteiger partial charge in [0.05, 0.1) is 0 Å². The Balaban J connectivity index is 1.93. The average Bonchev–Trinajstić information content (AvgIpc) is 2.96. The van der Waals surface area contributed by atoms with Gasteiger partial charge in [0.2, 0.25) is 5.95 Å². The van der Waals surface area contributed by atoms with Crippen LogP contribution in [0.2, 0.25) is 0 Å². The molecule has 9 heteroatoms. The first-order valence-electron chi connectivity index (χ1n) is 5.76. The quantitative estimate of drug-likeness (QED) is 0.797. The monoisotopic (exact) mass is 306 g/mol. The average molecular weight is 306 g/mol. The zero-order chi connectivity index (χ0) is 14.8. The SMILES string of the molecule is Nc1nc(Sc2ccc(F)c(F)c2)nc(-n2cccn2)n1. The van der Waals surface area contributed by atoms with E-state index in [1.807, 2.05) is 0 Å². The number of anilines is 1. The summed E-state index contributed by atoms with van der Waals surface area (Å²) in [7, 11) is 0. The van der Waals surface area contributed by atoms with E-state index in [1.165, 1.54) is 10.7 Å². The Morgan fingerprint density at radius 1 is 1.10 bits per heavy atom. The standard InChI is InChI=1S/C12H8F2N6S/c13-8-3-2-7(6-9(8)14)21-12-18-10(15)17-11(19-12)20-5-1-4-16-20/h1-6H,(H2,15,17,18,19). The van der Waals surface area contributed by atoms with Crippen LogP contribution in [0.25, 0.3) is 5.95 Å². The molecule has 0 aliphatic rings. The molecule has 0 aliphatic heterocycles. The van der Waals surface area contributed by atoms with Gasteiger partial charge in [0.25, 0.3) is 5.95 Å². The van der Waals surface area contributed by atoms with Crippen molar-refractivity contribution in [2.45, 2.75) is 10.1 Å². The largest absolute Gasteiger partial charge is 0.368 e. The first kappa shape index (κ1) is 13.4. The number of nitrogen functional groups attached to an aromatic ring is 1. The van der Waals surface area contributed by atoms with E-state index in [0.717, 1.165) is 23.9 Å². The molecule has 6 nitrogen and oxygen atoms in total. The van der Waals surface area contributed by atoms with Crippen molar-refractivity contribution in [1.29, 1.82) is 0 Å². The fourth-order valence-corrected chi connectivity index (χ4v) is 2.32. The Morgan fingerprint density at radius 2 is 1.95 bits per heavy atom. The molecule has 2 N–H and O–H groups in total. The number of nitrogens with two attached hydrogens (primary N) is 1. The highest BCUT2D eigenvalue weighted by molar-refractivity contribution is 7.99. The molecular weight excluding hydrogens is 298 g/mol. The van der Waals surface area contributed by atoms with Gasteiger partial charge in [0.1, 0.15) is 0 Å². The van der Waals surface area contributed by atoms with Crippen LogP contribution in [-0.2, 0) is 0 Å². The van der Waals surface area contributed by atoms with Gasteiger partial charge in [-0.3, -0.25) is 0 Å². The molecule has 2 aromatic heterocycles. The Kier molecular flexibility index (Phi) is 3.48. The summed E-state index contributed by atoms with van der Waals surface area (Å²) in [6.45, 7) is 0. The van der Waals surface area contributed by atoms with Gasteiger partial charge in [0.15, 0.2) is 16.8 Å². The number of nitrogens with zero attached hydrogens (tertiary/aromatic N) is 5. The molecule has 0 spiro atoms. The second kappa shape index (κ2) is 5.44. The Labute approximate surface area is 122 Å². The normalized spacial score (nSPS) is 10.8.